The predicted molar refractivity (Wildman–Crippen MR) is 66.0 cm³/mol. The Balaban J connectivity index is 2.50. The fourth-order valence-electron chi connectivity index (χ4n) is 1.47. The van der Waals surface area contributed by atoms with Gasteiger partial charge in [-0.15, -0.1) is 0 Å². The Morgan fingerprint density at radius 1 is 1.31 bits per heavy atom. The molecule has 1 unspecified atom stereocenters. The average molecular weight is 223 g/mol. The molecule has 3 heteroatoms. The Morgan fingerprint density at radius 3 is 2.62 bits per heavy atom. The van der Waals surface area contributed by atoms with Gasteiger partial charge in [0.15, 0.2) is 0 Å². The van der Waals surface area contributed by atoms with E-state index in [4.69, 9.17) is 9.84 Å². The van der Waals surface area contributed by atoms with Crippen LogP contribution in [-0.2, 0) is 0 Å². The molecule has 0 bridgehead atoms. The van der Waals surface area contributed by atoms with E-state index in [1.54, 1.807) is 0 Å². The average Bonchev–Trinajstić information content (AvgIpc) is 2.28. The van der Waals surface area contributed by atoms with Gasteiger partial charge in [0, 0.05) is 0 Å². The van der Waals surface area contributed by atoms with Crippen LogP contribution in [0.3, 0.4) is 0 Å². The van der Waals surface area contributed by atoms with Gasteiger partial charge in [-0.3, -0.25) is 0 Å². The van der Waals surface area contributed by atoms with E-state index in [1.165, 1.54) is 11.1 Å². The fraction of sp³-hybridized carbons (Fsp3) is 0.538. The quantitative estimate of drug-likeness (QED) is 0.770. The third-order valence-electron chi connectivity index (χ3n) is 2.64. The molecule has 0 saturated heterocycles. The van der Waals surface area contributed by atoms with Crippen LogP contribution in [0.2, 0.25) is 0 Å². The summed E-state index contributed by atoms with van der Waals surface area (Å²) >= 11 is 0. The number of rotatable bonds is 6. The lowest BCUT2D eigenvalue weighted by Crippen LogP contribution is -2.37. The highest BCUT2D eigenvalue weighted by molar-refractivity contribution is 5.33. The molecule has 16 heavy (non-hydrogen) atoms. The number of hydrogen-bond acceptors (Lipinski definition) is 3. The summed E-state index contributed by atoms with van der Waals surface area (Å²) in [6.07, 6.45) is 0. The van der Waals surface area contributed by atoms with Gasteiger partial charge in [-0.05, 0) is 43.7 Å². The van der Waals surface area contributed by atoms with E-state index in [-0.39, 0.29) is 12.6 Å². The van der Waals surface area contributed by atoms with Gasteiger partial charge in [-0.25, -0.2) is 0 Å². The highest BCUT2D eigenvalue weighted by Gasteiger charge is 2.06. The van der Waals surface area contributed by atoms with Gasteiger partial charge in [0.1, 0.15) is 12.4 Å². The molecule has 0 spiro atoms. The Morgan fingerprint density at radius 2 is 2.06 bits per heavy atom. The van der Waals surface area contributed by atoms with Crippen LogP contribution in [0.4, 0.5) is 0 Å². The summed E-state index contributed by atoms with van der Waals surface area (Å²) in [4.78, 5) is 0. The Hall–Kier alpha value is -1.06. The molecular formula is C13H21NO2. The summed E-state index contributed by atoms with van der Waals surface area (Å²) in [7, 11) is 0. The molecule has 0 fully saturated rings. The van der Waals surface area contributed by atoms with E-state index in [9.17, 15) is 0 Å². The van der Waals surface area contributed by atoms with Gasteiger partial charge in [0.25, 0.3) is 0 Å². The van der Waals surface area contributed by atoms with E-state index in [0.29, 0.717) is 6.61 Å². The summed E-state index contributed by atoms with van der Waals surface area (Å²) in [6, 6.07) is 6.04. The normalized spacial score (nSPS) is 12.5. The molecule has 1 aromatic rings. The number of benzene rings is 1. The predicted octanol–water partition coefficient (Wildman–Crippen LogP) is 1.65. The van der Waals surface area contributed by atoms with E-state index in [0.717, 1.165) is 12.3 Å². The van der Waals surface area contributed by atoms with Crippen molar-refractivity contribution in [3.05, 3.63) is 29.3 Å². The molecule has 0 aliphatic rings. The molecule has 3 nitrogen and oxygen atoms in total. The van der Waals surface area contributed by atoms with Gasteiger partial charge in [0.05, 0.1) is 12.6 Å². The molecule has 0 radical (unpaired) electrons. The molecule has 0 aliphatic carbocycles. The van der Waals surface area contributed by atoms with Crippen LogP contribution in [0.5, 0.6) is 5.75 Å². The summed E-state index contributed by atoms with van der Waals surface area (Å²) < 4.78 is 5.62. The molecule has 0 aromatic heterocycles. The third kappa shape index (κ3) is 3.83. The maximum atomic E-state index is 9.09. The van der Waals surface area contributed by atoms with E-state index < -0.39 is 0 Å². The van der Waals surface area contributed by atoms with Crippen LogP contribution >= 0.6 is 0 Å². The van der Waals surface area contributed by atoms with Gasteiger partial charge < -0.3 is 15.2 Å². The zero-order valence-electron chi connectivity index (χ0n) is 10.3. The number of aliphatic hydroxyl groups is 1. The van der Waals surface area contributed by atoms with Crippen molar-refractivity contribution >= 4 is 0 Å². The van der Waals surface area contributed by atoms with Crippen LogP contribution < -0.4 is 10.1 Å². The van der Waals surface area contributed by atoms with Crippen molar-refractivity contribution in [1.29, 1.82) is 0 Å². The number of aryl methyl sites for hydroxylation is 2. The van der Waals surface area contributed by atoms with Crippen molar-refractivity contribution in [2.75, 3.05) is 19.8 Å². The molecule has 1 atom stereocenters. The summed E-state index contributed by atoms with van der Waals surface area (Å²) in [5, 5.41) is 12.2. The number of likely N-dealkylation sites (N-methyl/N-ethyl adjacent to an activating group) is 1. The van der Waals surface area contributed by atoms with Crippen LogP contribution in [0.25, 0.3) is 0 Å². The first-order valence-corrected chi connectivity index (χ1v) is 5.71. The first kappa shape index (κ1) is 13.0. The molecule has 1 rings (SSSR count). The summed E-state index contributed by atoms with van der Waals surface area (Å²) in [5.74, 6) is 0.861. The van der Waals surface area contributed by atoms with Crippen molar-refractivity contribution in [2.24, 2.45) is 0 Å². The van der Waals surface area contributed by atoms with E-state index in [1.807, 2.05) is 25.1 Å². The molecular weight excluding hydrogens is 202 g/mol. The molecule has 0 heterocycles. The van der Waals surface area contributed by atoms with Gasteiger partial charge >= 0.3 is 0 Å². The SMILES string of the molecule is CCNC(CO)COc1ccc(C)c(C)c1. The third-order valence-corrected chi connectivity index (χ3v) is 2.64. The minimum absolute atomic E-state index is 0.00612. The second-order valence-corrected chi connectivity index (χ2v) is 3.99. The van der Waals surface area contributed by atoms with Crippen LogP contribution in [0.15, 0.2) is 18.2 Å². The van der Waals surface area contributed by atoms with Crippen LogP contribution in [0, 0.1) is 13.8 Å². The van der Waals surface area contributed by atoms with E-state index >= 15 is 0 Å². The maximum absolute atomic E-state index is 9.09. The molecule has 0 aliphatic heterocycles. The number of nitrogens with one attached hydrogen (secondary N) is 1. The zero-order valence-corrected chi connectivity index (χ0v) is 10.3. The molecule has 2 N–H and O–H groups in total. The summed E-state index contributed by atoms with van der Waals surface area (Å²) in [6.45, 7) is 7.58. The Labute approximate surface area is 97.4 Å². The van der Waals surface area contributed by atoms with Crippen molar-refractivity contribution in [1.82, 2.24) is 5.32 Å². The van der Waals surface area contributed by atoms with Gasteiger partial charge in [-0.2, -0.15) is 0 Å². The summed E-state index contributed by atoms with van der Waals surface area (Å²) in [5.41, 5.74) is 2.49. The minimum Gasteiger partial charge on any atom is -0.492 e. The number of hydrogen-bond donors (Lipinski definition) is 2. The highest BCUT2D eigenvalue weighted by Crippen LogP contribution is 2.16. The fourth-order valence-corrected chi connectivity index (χ4v) is 1.47. The highest BCUT2D eigenvalue weighted by atomic mass is 16.5. The standard InChI is InChI=1S/C13H21NO2/c1-4-14-12(8-15)9-16-13-6-5-10(2)11(3)7-13/h5-7,12,14-15H,4,8-9H2,1-3H3. The molecule has 90 valence electrons. The van der Waals surface area contributed by atoms with Crippen molar-refractivity contribution in [2.45, 2.75) is 26.8 Å². The van der Waals surface area contributed by atoms with Crippen molar-refractivity contribution < 1.29 is 9.84 Å². The van der Waals surface area contributed by atoms with Crippen LogP contribution in [-0.4, -0.2) is 30.9 Å². The van der Waals surface area contributed by atoms with Crippen LogP contribution in [0.1, 0.15) is 18.1 Å². The Bertz CT molecular complexity index is 326. The first-order chi connectivity index (χ1) is 7.67. The lowest BCUT2D eigenvalue weighted by molar-refractivity contribution is 0.184. The van der Waals surface area contributed by atoms with Gasteiger partial charge in [0.2, 0.25) is 0 Å². The maximum Gasteiger partial charge on any atom is 0.119 e. The molecule has 1 aromatic carbocycles. The lowest BCUT2D eigenvalue weighted by atomic mass is 10.1. The van der Waals surface area contributed by atoms with Crippen molar-refractivity contribution in [3.63, 3.8) is 0 Å². The number of ether oxygens (including phenoxy) is 1. The molecule has 0 amide bonds. The molecule has 0 saturated carbocycles. The minimum atomic E-state index is 0.00612. The first-order valence-electron chi connectivity index (χ1n) is 5.71. The second-order valence-electron chi connectivity index (χ2n) is 3.99. The number of aliphatic hydroxyl groups excluding tert-OH is 1. The largest absolute Gasteiger partial charge is 0.492 e. The zero-order chi connectivity index (χ0) is 12.0. The van der Waals surface area contributed by atoms with Crippen molar-refractivity contribution in [3.8, 4) is 5.75 Å². The smallest absolute Gasteiger partial charge is 0.119 e. The van der Waals surface area contributed by atoms with E-state index in [2.05, 4.69) is 19.2 Å². The lowest BCUT2D eigenvalue weighted by Gasteiger charge is -2.16. The van der Waals surface area contributed by atoms with Gasteiger partial charge in [-0.1, -0.05) is 13.0 Å². The Kier molecular flexibility index (Phi) is 5.29. The topological polar surface area (TPSA) is 41.5 Å². The second kappa shape index (κ2) is 6.51. The monoisotopic (exact) mass is 223 g/mol.